The minimum absolute atomic E-state index is 0.0996. The maximum atomic E-state index is 11.8. The Bertz CT molecular complexity index is 751. The molecule has 4 nitrogen and oxygen atoms in total. The number of para-hydroxylation sites is 2. The van der Waals surface area contributed by atoms with Crippen molar-refractivity contribution in [2.45, 2.75) is 6.61 Å². The van der Waals surface area contributed by atoms with Crippen molar-refractivity contribution >= 4 is 11.0 Å². The molecule has 94 valence electrons. The van der Waals surface area contributed by atoms with Gasteiger partial charge in [0.2, 0.25) is 0 Å². The molecule has 1 N–H and O–H groups in total. The van der Waals surface area contributed by atoms with Gasteiger partial charge in [-0.25, -0.2) is 4.98 Å². The number of hydrogen-bond donors (Lipinski definition) is 1. The number of rotatable bonds is 3. The number of nitrogens with zero attached hydrogens (tertiary/aromatic N) is 1. The summed E-state index contributed by atoms with van der Waals surface area (Å²) in [4.78, 5) is 18.8. The van der Waals surface area contributed by atoms with Crippen molar-refractivity contribution in [3.63, 3.8) is 0 Å². The molecule has 3 aromatic rings. The fourth-order valence-corrected chi connectivity index (χ4v) is 1.84. The lowest BCUT2D eigenvalue weighted by molar-refractivity contribution is 0.290. The van der Waals surface area contributed by atoms with Crippen LogP contribution in [0.5, 0.6) is 5.88 Å². The predicted octanol–water partition coefficient (Wildman–Crippen LogP) is 2.50. The summed E-state index contributed by atoms with van der Waals surface area (Å²) in [7, 11) is 0. The molecule has 2 aromatic carbocycles. The van der Waals surface area contributed by atoms with Gasteiger partial charge in [-0.1, -0.05) is 42.5 Å². The molecule has 0 aliphatic rings. The second-order valence-corrected chi connectivity index (χ2v) is 4.16. The van der Waals surface area contributed by atoms with Gasteiger partial charge in [-0.2, -0.15) is 0 Å². The Kier molecular flexibility index (Phi) is 2.98. The fourth-order valence-electron chi connectivity index (χ4n) is 1.84. The van der Waals surface area contributed by atoms with Crippen LogP contribution in [-0.4, -0.2) is 9.97 Å². The van der Waals surface area contributed by atoms with Crippen LogP contribution in [0.1, 0.15) is 5.56 Å². The van der Waals surface area contributed by atoms with Crippen LogP contribution in [-0.2, 0) is 6.61 Å². The fraction of sp³-hybridized carbons (Fsp3) is 0.0667. The molecule has 0 aliphatic carbocycles. The molecule has 1 aromatic heterocycles. The minimum Gasteiger partial charge on any atom is -0.469 e. The normalized spacial score (nSPS) is 10.5. The Balaban J connectivity index is 1.89. The maximum Gasteiger partial charge on any atom is 0.311 e. The van der Waals surface area contributed by atoms with Crippen molar-refractivity contribution < 1.29 is 4.74 Å². The summed E-state index contributed by atoms with van der Waals surface area (Å²) < 4.78 is 5.48. The number of aromatic nitrogens is 2. The van der Waals surface area contributed by atoms with E-state index in [0.29, 0.717) is 17.6 Å². The first-order valence-corrected chi connectivity index (χ1v) is 5.99. The summed E-state index contributed by atoms with van der Waals surface area (Å²) in [6.45, 7) is 0.329. The molecule has 0 spiro atoms. The van der Waals surface area contributed by atoms with Crippen molar-refractivity contribution in [1.29, 1.82) is 0 Å². The van der Waals surface area contributed by atoms with E-state index in [9.17, 15) is 4.79 Å². The van der Waals surface area contributed by atoms with Gasteiger partial charge >= 0.3 is 5.56 Å². The lowest BCUT2D eigenvalue weighted by Gasteiger charge is -2.05. The highest BCUT2D eigenvalue weighted by atomic mass is 16.5. The van der Waals surface area contributed by atoms with E-state index < -0.39 is 0 Å². The molecule has 19 heavy (non-hydrogen) atoms. The summed E-state index contributed by atoms with van der Waals surface area (Å²) >= 11 is 0. The smallest absolute Gasteiger partial charge is 0.311 e. The van der Waals surface area contributed by atoms with Gasteiger partial charge in [-0.05, 0) is 17.7 Å². The van der Waals surface area contributed by atoms with Gasteiger partial charge in [-0.3, -0.25) is 4.79 Å². The molecule has 0 bridgehead atoms. The molecule has 4 heteroatoms. The Morgan fingerprint density at radius 1 is 1.00 bits per heavy atom. The molecule has 3 rings (SSSR count). The SMILES string of the molecule is O=c1[nH]c2ccccc2nc1OCc1ccccc1. The number of fused-ring (bicyclic) bond motifs is 1. The van der Waals surface area contributed by atoms with Gasteiger partial charge in [-0.15, -0.1) is 0 Å². The highest BCUT2D eigenvalue weighted by Gasteiger charge is 2.05. The maximum absolute atomic E-state index is 11.8. The van der Waals surface area contributed by atoms with Gasteiger partial charge in [0, 0.05) is 0 Å². The molecular formula is C15H12N2O2. The third-order valence-electron chi connectivity index (χ3n) is 2.79. The van der Waals surface area contributed by atoms with Gasteiger partial charge < -0.3 is 9.72 Å². The number of H-pyrrole nitrogens is 1. The highest BCUT2D eigenvalue weighted by Crippen LogP contribution is 2.10. The van der Waals surface area contributed by atoms with Crippen LogP contribution >= 0.6 is 0 Å². The van der Waals surface area contributed by atoms with Crippen LogP contribution in [0.4, 0.5) is 0 Å². The summed E-state index contributed by atoms with van der Waals surface area (Å²) in [5.74, 6) is 0.0996. The second kappa shape index (κ2) is 4.94. The second-order valence-electron chi connectivity index (χ2n) is 4.16. The van der Waals surface area contributed by atoms with Gasteiger partial charge in [0.25, 0.3) is 5.88 Å². The first-order chi connectivity index (χ1) is 9.33. The highest BCUT2D eigenvalue weighted by molar-refractivity contribution is 5.73. The molecule has 0 saturated heterocycles. The molecule has 0 radical (unpaired) electrons. The molecule has 0 saturated carbocycles. The first-order valence-electron chi connectivity index (χ1n) is 5.99. The van der Waals surface area contributed by atoms with Crippen molar-refractivity contribution in [3.05, 3.63) is 70.5 Å². The monoisotopic (exact) mass is 252 g/mol. The number of hydrogen-bond acceptors (Lipinski definition) is 3. The summed E-state index contributed by atoms with van der Waals surface area (Å²) in [6, 6.07) is 17.0. The zero-order chi connectivity index (χ0) is 13.1. The van der Waals surface area contributed by atoms with Crippen LogP contribution in [0.25, 0.3) is 11.0 Å². The van der Waals surface area contributed by atoms with Crippen molar-refractivity contribution in [2.75, 3.05) is 0 Å². The van der Waals surface area contributed by atoms with E-state index >= 15 is 0 Å². The lowest BCUT2D eigenvalue weighted by Crippen LogP contribution is -2.13. The molecule has 0 atom stereocenters. The van der Waals surface area contributed by atoms with E-state index in [4.69, 9.17) is 4.74 Å². The van der Waals surface area contributed by atoms with Gasteiger partial charge in [0.1, 0.15) is 6.61 Å². The quantitative estimate of drug-likeness (QED) is 0.779. The largest absolute Gasteiger partial charge is 0.469 e. The number of nitrogens with one attached hydrogen (secondary N) is 1. The van der Waals surface area contributed by atoms with Crippen molar-refractivity contribution in [1.82, 2.24) is 9.97 Å². The molecular weight excluding hydrogens is 240 g/mol. The molecule has 0 amide bonds. The van der Waals surface area contributed by atoms with E-state index in [1.54, 1.807) is 0 Å². The molecule has 1 heterocycles. The summed E-state index contributed by atoms with van der Waals surface area (Å²) in [5, 5.41) is 0. The van der Waals surface area contributed by atoms with Gasteiger partial charge in [0.15, 0.2) is 0 Å². The Labute approximate surface area is 109 Å². The van der Waals surface area contributed by atoms with Crippen LogP contribution in [0.2, 0.25) is 0 Å². The van der Waals surface area contributed by atoms with E-state index in [1.807, 2.05) is 54.6 Å². The average molecular weight is 252 g/mol. The van der Waals surface area contributed by atoms with Crippen molar-refractivity contribution in [2.24, 2.45) is 0 Å². The van der Waals surface area contributed by atoms with E-state index in [-0.39, 0.29) is 11.4 Å². The van der Waals surface area contributed by atoms with E-state index in [2.05, 4.69) is 9.97 Å². The van der Waals surface area contributed by atoms with Crippen molar-refractivity contribution in [3.8, 4) is 5.88 Å². The number of benzene rings is 2. The third kappa shape index (κ3) is 2.47. The zero-order valence-corrected chi connectivity index (χ0v) is 10.2. The summed E-state index contributed by atoms with van der Waals surface area (Å²) in [5.41, 5.74) is 2.11. The molecule has 0 fully saturated rings. The zero-order valence-electron chi connectivity index (χ0n) is 10.2. The van der Waals surface area contributed by atoms with Crippen LogP contribution < -0.4 is 10.3 Å². The summed E-state index contributed by atoms with van der Waals surface area (Å²) in [6.07, 6.45) is 0. The Morgan fingerprint density at radius 3 is 2.58 bits per heavy atom. The van der Waals surface area contributed by atoms with Crippen LogP contribution in [0, 0.1) is 0 Å². The topological polar surface area (TPSA) is 55.0 Å². The van der Waals surface area contributed by atoms with E-state index in [1.165, 1.54) is 0 Å². The third-order valence-corrected chi connectivity index (χ3v) is 2.79. The van der Waals surface area contributed by atoms with Crippen LogP contribution in [0.3, 0.4) is 0 Å². The number of aromatic amines is 1. The lowest BCUT2D eigenvalue weighted by atomic mass is 10.2. The minimum atomic E-state index is -0.311. The standard InChI is InChI=1S/C15H12N2O2/c18-14-15(19-10-11-6-2-1-3-7-11)17-13-9-5-4-8-12(13)16-14/h1-9H,10H2,(H,16,18). The average Bonchev–Trinajstić information content (AvgIpc) is 2.46. The predicted molar refractivity (Wildman–Crippen MR) is 73.1 cm³/mol. The first kappa shape index (κ1) is 11.5. The molecule has 0 aliphatic heterocycles. The number of ether oxygens (including phenoxy) is 1. The van der Waals surface area contributed by atoms with Gasteiger partial charge in [0.05, 0.1) is 11.0 Å². The Hall–Kier alpha value is -2.62. The van der Waals surface area contributed by atoms with Crippen LogP contribution in [0.15, 0.2) is 59.4 Å². The van der Waals surface area contributed by atoms with E-state index in [0.717, 1.165) is 5.56 Å². The molecule has 0 unspecified atom stereocenters. The Morgan fingerprint density at radius 2 is 1.74 bits per heavy atom.